The molecule has 6 nitrogen and oxygen atoms in total. The maximum absolute atomic E-state index is 12.6. The van der Waals surface area contributed by atoms with Gasteiger partial charge < -0.3 is 4.57 Å². The Morgan fingerprint density at radius 2 is 1.60 bits per heavy atom. The maximum atomic E-state index is 12.6. The number of rotatable bonds is 2. The molecule has 2 heterocycles. The summed E-state index contributed by atoms with van der Waals surface area (Å²) in [5.74, 6) is 0. The van der Waals surface area contributed by atoms with Crippen LogP contribution in [0.4, 0.5) is 0 Å². The summed E-state index contributed by atoms with van der Waals surface area (Å²) in [5, 5.41) is 0. The summed E-state index contributed by atoms with van der Waals surface area (Å²) in [7, 11) is 3.12. The molecule has 0 amide bonds. The van der Waals surface area contributed by atoms with Crippen LogP contribution in [0.1, 0.15) is 44.9 Å². The van der Waals surface area contributed by atoms with Crippen LogP contribution in [-0.2, 0) is 19.5 Å². The quantitative estimate of drug-likeness (QED) is 0.719. The van der Waals surface area contributed by atoms with Crippen LogP contribution in [-0.4, -0.2) is 18.7 Å². The molecule has 0 aliphatic rings. The molecule has 25 heavy (non-hydrogen) atoms. The fourth-order valence-electron chi connectivity index (χ4n) is 3.08. The third-order valence-corrected chi connectivity index (χ3v) is 4.85. The molecule has 0 N–H and O–H groups in total. The third-order valence-electron chi connectivity index (χ3n) is 4.85. The van der Waals surface area contributed by atoms with E-state index in [1.165, 1.54) is 17.2 Å². The van der Waals surface area contributed by atoms with Gasteiger partial charge >= 0.3 is 5.69 Å². The molecule has 0 unspecified atom stereocenters. The Bertz CT molecular complexity index is 1050. The first-order valence-electron chi connectivity index (χ1n) is 8.36. The van der Waals surface area contributed by atoms with Gasteiger partial charge in [-0.25, -0.2) is 9.78 Å². The highest BCUT2D eigenvalue weighted by Crippen LogP contribution is 2.26. The summed E-state index contributed by atoms with van der Waals surface area (Å²) in [6.07, 6.45) is 1.63. The predicted molar refractivity (Wildman–Crippen MR) is 99.2 cm³/mol. The van der Waals surface area contributed by atoms with Crippen molar-refractivity contribution >= 4 is 11.2 Å². The fraction of sp³-hybridized carbons (Fsp3) is 0.421. The number of benzene rings is 1. The molecule has 0 radical (unpaired) electrons. The van der Waals surface area contributed by atoms with E-state index in [0.717, 1.165) is 10.1 Å². The molecular formula is C19H24N4O2. The van der Waals surface area contributed by atoms with E-state index in [2.05, 4.69) is 50.0 Å². The fourth-order valence-corrected chi connectivity index (χ4v) is 3.08. The monoisotopic (exact) mass is 340 g/mol. The number of hydrogen-bond donors (Lipinski definition) is 0. The molecule has 0 saturated carbocycles. The molecule has 1 atom stereocenters. The maximum Gasteiger partial charge on any atom is 0.332 e. The Morgan fingerprint density at radius 3 is 2.16 bits per heavy atom. The molecule has 3 aromatic rings. The second kappa shape index (κ2) is 5.72. The standard InChI is InChI=1S/C19H24N4O2/c1-12(13-7-9-14(10-8-13)19(2,3)4)23-11-20-16-15(23)17(24)22(6)18(25)21(16)5/h7-12H,1-6H3/t12-/m0/s1. The van der Waals surface area contributed by atoms with E-state index < -0.39 is 0 Å². The van der Waals surface area contributed by atoms with Crippen LogP contribution in [0.15, 0.2) is 40.2 Å². The summed E-state index contributed by atoms with van der Waals surface area (Å²) in [4.78, 5) is 29.0. The largest absolute Gasteiger partial charge is 0.332 e. The minimum Gasteiger partial charge on any atom is -0.317 e. The Balaban J connectivity index is 2.14. The highest BCUT2D eigenvalue weighted by Gasteiger charge is 2.19. The van der Waals surface area contributed by atoms with E-state index in [1.807, 2.05) is 11.5 Å². The number of aryl methyl sites for hydroxylation is 1. The van der Waals surface area contributed by atoms with Gasteiger partial charge in [0, 0.05) is 14.1 Å². The molecular weight excluding hydrogens is 316 g/mol. The van der Waals surface area contributed by atoms with Crippen LogP contribution in [0.3, 0.4) is 0 Å². The van der Waals surface area contributed by atoms with Gasteiger partial charge in [0.15, 0.2) is 11.2 Å². The highest BCUT2D eigenvalue weighted by molar-refractivity contribution is 5.70. The Morgan fingerprint density at radius 1 is 1.00 bits per heavy atom. The lowest BCUT2D eigenvalue weighted by atomic mass is 9.86. The first-order chi connectivity index (χ1) is 11.6. The molecule has 132 valence electrons. The van der Waals surface area contributed by atoms with Crippen LogP contribution in [0.2, 0.25) is 0 Å². The summed E-state index contributed by atoms with van der Waals surface area (Å²) in [5.41, 5.74) is 2.60. The zero-order valence-electron chi connectivity index (χ0n) is 15.6. The van der Waals surface area contributed by atoms with Crippen LogP contribution >= 0.6 is 0 Å². The van der Waals surface area contributed by atoms with Crippen LogP contribution < -0.4 is 11.2 Å². The molecule has 6 heteroatoms. The summed E-state index contributed by atoms with van der Waals surface area (Å²) >= 11 is 0. The summed E-state index contributed by atoms with van der Waals surface area (Å²) in [6, 6.07) is 8.36. The SMILES string of the molecule is C[C@@H](c1ccc(C(C)(C)C)cc1)n1cnc2c1c(=O)n(C)c(=O)n2C. The zero-order valence-corrected chi connectivity index (χ0v) is 15.6. The van der Waals surface area contributed by atoms with Crippen LogP contribution in [0.25, 0.3) is 11.2 Å². The summed E-state index contributed by atoms with van der Waals surface area (Å²) in [6.45, 7) is 8.56. The Hall–Kier alpha value is -2.63. The van der Waals surface area contributed by atoms with Crippen molar-refractivity contribution in [3.63, 3.8) is 0 Å². The molecule has 0 spiro atoms. The second-order valence-corrected chi connectivity index (χ2v) is 7.58. The lowest BCUT2D eigenvalue weighted by Crippen LogP contribution is -2.37. The van der Waals surface area contributed by atoms with Gasteiger partial charge in [-0.15, -0.1) is 0 Å². The van der Waals surface area contributed by atoms with Crippen molar-refractivity contribution in [2.45, 2.75) is 39.2 Å². The zero-order chi connectivity index (χ0) is 18.5. The molecule has 0 fully saturated rings. The number of imidazole rings is 1. The van der Waals surface area contributed by atoms with Gasteiger partial charge in [-0.3, -0.25) is 13.9 Å². The van der Waals surface area contributed by atoms with Gasteiger partial charge in [-0.05, 0) is 23.5 Å². The normalized spacial score (nSPS) is 13.4. The lowest BCUT2D eigenvalue weighted by Gasteiger charge is -2.21. The minimum absolute atomic E-state index is 0.0655. The average Bonchev–Trinajstić information content (AvgIpc) is 3.02. The average molecular weight is 340 g/mol. The molecule has 2 aromatic heterocycles. The highest BCUT2D eigenvalue weighted by atomic mass is 16.2. The van der Waals surface area contributed by atoms with Crippen molar-refractivity contribution in [1.82, 2.24) is 18.7 Å². The first kappa shape index (κ1) is 17.2. The molecule has 0 bridgehead atoms. The number of aromatic nitrogens is 4. The van der Waals surface area contributed by atoms with E-state index in [-0.39, 0.29) is 22.7 Å². The second-order valence-electron chi connectivity index (χ2n) is 7.58. The predicted octanol–water partition coefficient (Wildman–Crippen LogP) is 2.34. The molecule has 0 saturated heterocycles. The molecule has 1 aromatic carbocycles. The van der Waals surface area contributed by atoms with E-state index in [4.69, 9.17) is 0 Å². The minimum atomic E-state index is -0.370. The summed E-state index contributed by atoms with van der Waals surface area (Å²) < 4.78 is 4.36. The Kier molecular flexibility index (Phi) is 3.94. The number of nitrogens with zero attached hydrogens (tertiary/aromatic N) is 4. The topological polar surface area (TPSA) is 61.8 Å². The lowest BCUT2D eigenvalue weighted by molar-refractivity contribution is 0.588. The molecule has 0 aliphatic carbocycles. The van der Waals surface area contributed by atoms with Gasteiger partial charge in [0.25, 0.3) is 5.56 Å². The molecule has 3 rings (SSSR count). The van der Waals surface area contributed by atoms with Crippen molar-refractivity contribution in [1.29, 1.82) is 0 Å². The smallest absolute Gasteiger partial charge is 0.317 e. The van der Waals surface area contributed by atoms with E-state index >= 15 is 0 Å². The van der Waals surface area contributed by atoms with Gasteiger partial charge in [-0.2, -0.15) is 0 Å². The van der Waals surface area contributed by atoms with Crippen molar-refractivity contribution in [3.05, 3.63) is 62.6 Å². The van der Waals surface area contributed by atoms with Gasteiger partial charge in [-0.1, -0.05) is 45.0 Å². The van der Waals surface area contributed by atoms with Gasteiger partial charge in [0.1, 0.15) is 0 Å². The van der Waals surface area contributed by atoms with Crippen molar-refractivity contribution in [3.8, 4) is 0 Å². The van der Waals surface area contributed by atoms with Gasteiger partial charge in [0.05, 0.1) is 12.4 Å². The van der Waals surface area contributed by atoms with Crippen LogP contribution in [0.5, 0.6) is 0 Å². The van der Waals surface area contributed by atoms with Crippen molar-refractivity contribution < 1.29 is 0 Å². The third kappa shape index (κ3) is 2.71. The van der Waals surface area contributed by atoms with Gasteiger partial charge in [0.2, 0.25) is 0 Å². The van der Waals surface area contributed by atoms with Crippen LogP contribution in [0, 0.1) is 0 Å². The van der Waals surface area contributed by atoms with E-state index in [1.54, 1.807) is 13.4 Å². The van der Waals surface area contributed by atoms with E-state index in [9.17, 15) is 9.59 Å². The van der Waals surface area contributed by atoms with E-state index in [0.29, 0.717) is 11.2 Å². The first-order valence-corrected chi connectivity index (χ1v) is 8.36. The Labute approximate surface area is 146 Å². The number of fused-ring (bicyclic) bond motifs is 1. The number of hydrogen-bond acceptors (Lipinski definition) is 3. The van der Waals surface area contributed by atoms with Crippen molar-refractivity contribution in [2.24, 2.45) is 14.1 Å². The van der Waals surface area contributed by atoms with Crippen molar-refractivity contribution in [2.75, 3.05) is 0 Å². The molecule has 0 aliphatic heterocycles.